The monoisotopic (exact) mass is 330 g/mol. The molecule has 23 heavy (non-hydrogen) atoms. The van der Waals surface area contributed by atoms with Crippen LogP contribution in [0.1, 0.15) is 10.4 Å². The number of aromatic nitrogens is 2. The normalized spacial score (nSPS) is 10.8. The SMILES string of the molecule is O=C(O)Cn1c(-c2ccccc2)nc2scc(C(=O)O)c2c1=O. The van der Waals surface area contributed by atoms with Gasteiger partial charge in [0.25, 0.3) is 5.56 Å². The van der Waals surface area contributed by atoms with Crippen molar-refractivity contribution in [2.24, 2.45) is 0 Å². The van der Waals surface area contributed by atoms with Crippen molar-refractivity contribution in [3.63, 3.8) is 0 Å². The average molecular weight is 330 g/mol. The lowest BCUT2D eigenvalue weighted by Crippen LogP contribution is -2.27. The predicted molar refractivity (Wildman–Crippen MR) is 83.9 cm³/mol. The van der Waals surface area contributed by atoms with Crippen LogP contribution in [0.25, 0.3) is 21.6 Å². The molecule has 0 radical (unpaired) electrons. The van der Waals surface area contributed by atoms with Crippen LogP contribution in [-0.4, -0.2) is 31.7 Å². The van der Waals surface area contributed by atoms with Gasteiger partial charge in [0.05, 0.1) is 10.9 Å². The Bertz CT molecular complexity index is 975. The predicted octanol–water partition coefficient (Wildman–Crippen LogP) is 1.91. The van der Waals surface area contributed by atoms with Gasteiger partial charge in [-0.2, -0.15) is 0 Å². The lowest BCUT2D eigenvalue weighted by Gasteiger charge is -2.10. The van der Waals surface area contributed by atoms with Gasteiger partial charge in [-0.05, 0) is 0 Å². The van der Waals surface area contributed by atoms with Crippen LogP contribution in [0.4, 0.5) is 0 Å². The summed E-state index contributed by atoms with van der Waals surface area (Å²) in [5.41, 5.74) is -0.255. The average Bonchev–Trinajstić information content (AvgIpc) is 2.95. The van der Waals surface area contributed by atoms with E-state index < -0.39 is 24.0 Å². The third kappa shape index (κ3) is 2.59. The third-order valence-electron chi connectivity index (χ3n) is 3.25. The van der Waals surface area contributed by atoms with Crippen LogP contribution in [0.3, 0.4) is 0 Å². The molecule has 0 atom stereocenters. The number of thiophene rings is 1. The molecule has 3 rings (SSSR count). The summed E-state index contributed by atoms with van der Waals surface area (Å²) in [6.07, 6.45) is 0. The largest absolute Gasteiger partial charge is 0.480 e. The summed E-state index contributed by atoms with van der Waals surface area (Å²) in [6.45, 7) is -0.596. The van der Waals surface area contributed by atoms with Crippen LogP contribution in [0.15, 0.2) is 40.5 Å². The molecule has 116 valence electrons. The van der Waals surface area contributed by atoms with Gasteiger partial charge in [0.15, 0.2) is 0 Å². The van der Waals surface area contributed by atoms with Gasteiger partial charge in [-0.3, -0.25) is 14.2 Å². The number of carbonyl (C=O) groups is 2. The zero-order chi connectivity index (χ0) is 16.6. The van der Waals surface area contributed by atoms with E-state index in [2.05, 4.69) is 4.98 Å². The van der Waals surface area contributed by atoms with Crippen molar-refractivity contribution in [3.05, 3.63) is 51.6 Å². The summed E-state index contributed by atoms with van der Waals surface area (Å²) in [4.78, 5) is 39.6. The fraction of sp³-hybridized carbons (Fsp3) is 0.0667. The molecule has 0 saturated heterocycles. The topological polar surface area (TPSA) is 109 Å². The Morgan fingerprint density at radius 3 is 2.48 bits per heavy atom. The molecule has 0 saturated carbocycles. The minimum Gasteiger partial charge on any atom is -0.480 e. The van der Waals surface area contributed by atoms with Crippen molar-refractivity contribution in [1.82, 2.24) is 9.55 Å². The molecule has 7 nitrogen and oxygen atoms in total. The van der Waals surface area contributed by atoms with Gasteiger partial charge in [-0.25, -0.2) is 9.78 Å². The number of carboxylic acids is 2. The summed E-state index contributed by atoms with van der Waals surface area (Å²) in [7, 11) is 0. The van der Waals surface area contributed by atoms with Crippen LogP contribution in [0.2, 0.25) is 0 Å². The molecule has 3 aromatic rings. The minimum absolute atomic E-state index is 0.0663. The quantitative estimate of drug-likeness (QED) is 0.756. The third-order valence-corrected chi connectivity index (χ3v) is 4.12. The molecular weight excluding hydrogens is 320 g/mol. The second-order valence-electron chi connectivity index (χ2n) is 4.72. The highest BCUT2D eigenvalue weighted by molar-refractivity contribution is 7.17. The highest BCUT2D eigenvalue weighted by Crippen LogP contribution is 2.25. The van der Waals surface area contributed by atoms with Gasteiger partial charge in [0, 0.05) is 10.9 Å². The number of nitrogens with zero attached hydrogens (tertiary/aromatic N) is 2. The first kappa shape index (κ1) is 14.9. The molecule has 0 aliphatic heterocycles. The molecule has 0 bridgehead atoms. The molecule has 2 N–H and O–H groups in total. The van der Waals surface area contributed by atoms with Crippen LogP contribution in [0.5, 0.6) is 0 Å². The van der Waals surface area contributed by atoms with Crippen molar-refractivity contribution in [3.8, 4) is 11.4 Å². The van der Waals surface area contributed by atoms with Crippen LogP contribution in [-0.2, 0) is 11.3 Å². The van der Waals surface area contributed by atoms with E-state index in [9.17, 15) is 14.4 Å². The van der Waals surface area contributed by atoms with Crippen molar-refractivity contribution >= 4 is 33.5 Å². The Balaban J connectivity index is 2.38. The highest BCUT2D eigenvalue weighted by Gasteiger charge is 2.21. The van der Waals surface area contributed by atoms with Gasteiger partial charge >= 0.3 is 11.9 Å². The van der Waals surface area contributed by atoms with Gasteiger partial charge in [-0.1, -0.05) is 30.3 Å². The van der Waals surface area contributed by atoms with Crippen molar-refractivity contribution < 1.29 is 19.8 Å². The van der Waals surface area contributed by atoms with E-state index in [-0.39, 0.29) is 21.6 Å². The molecule has 0 amide bonds. The van der Waals surface area contributed by atoms with E-state index in [4.69, 9.17) is 10.2 Å². The fourth-order valence-corrected chi connectivity index (χ4v) is 3.17. The second-order valence-corrected chi connectivity index (χ2v) is 5.58. The number of hydrogen-bond acceptors (Lipinski definition) is 5. The lowest BCUT2D eigenvalue weighted by molar-refractivity contribution is -0.137. The summed E-state index contributed by atoms with van der Waals surface area (Å²) in [5, 5.41) is 19.5. The maximum Gasteiger partial charge on any atom is 0.337 e. The van der Waals surface area contributed by atoms with E-state index in [0.29, 0.717) is 5.56 Å². The Labute approximate surface area is 133 Å². The molecule has 2 aromatic heterocycles. The van der Waals surface area contributed by atoms with E-state index in [1.165, 1.54) is 5.38 Å². The lowest BCUT2D eigenvalue weighted by atomic mass is 10.2. The highest BCUT2D eigenvalue weighted by atomic mass is 32.1. The molecular formula is C15H10N2O5S. The van der Waals surface area contributed by atoms with E-state index in [1.54, 1.807) is 30.3 Å². The first-order chi connectivity index (χ1) is 11.0. The summed E-state index contributed by atoms with van der Waals surface area (Å²) < 4.78 is 0.985. The molecule has 2 heterocycles. The molecule has 8 heteroatoms. The van der Waals surface area contributed by atoms with Gasteiger partial charge in [0.1, 0.15) is 17.2 Å². The van der Waals surface area contributed by atoms with Crippen molar-refractivity contribution in [1.29, 1.82) is 0 Å². The smallest absolute Gasteiger partial charge is 0.337 e. The van der Waals surface area contributed by atoms with Gasteiger partial charge < -0.3 is 10.2 Å². The van der Waals surface area contributed by atoms with Gasteiger partial charge in [-0.15, -0.1) is 11.3 Å². The standard InChI is InChI=1S/C15H10N2O5S/c18-10(19)6-17-12(8-4-2-1-3-5-8)16-13-11(14(17)20)9(7-23-13)15(21)22/h1-5,7H,6H2,(H,18,19)(H,21,22). The summed E-state index contributed by atoms with van der Waals surface area (Å²) in [5.74, 6) is -2.26. The molecule has 0 fully saturated rings. The minimum atomic E-state index is -1.25. The van der Waals surface area contributed by atoms with E-state index in [1.807, 2.05) is 0 Å². The summed E-state index contributed by atoms with van der Waals surface area (Å²) in [6, 6.07) is 8.69. The first-order valence-electron chi connectivity index (χ1n) is 6.51. The van der Waals surface area contributed by atoms with Crippen LogP contribution >= 0.6 is 11.3 Å². The number of rotatable bonds is 4. The second kappa shape index (κ2) is 5.65. The zero-order valence-electron chi connectivity index (χ0n) is 11.6. The first-order valence-corrected chi connectivity index (χ1v) is 7.39. The number of aromatic carboxylic acids is 1. The van der Waals surface area contributed by atoms with Crippen molar-refractivity contribution in [2.45, 2.75) is 6.54 Å². The van der Waals surface area contributed by atoms with E-state index in [0.717, 1.165) is 15.9 Å². The maximum atomic E-state index is 12.6. The summed E-state index contributed by atoms with van der Waals surface area (Å²) >= 11 is 1.04. The van der Waals surface area contributed by atoms with Crippen LogP contribution < -0.4 is 5.56 Å². The zero-order valence-corrected chi connectivity index (χ0v) is 12.4. The van der Waals surface area contributed by atoms with Crippen molar-refractivity contribution in [2.75, 3.05) is 0 Å². The number of fused-ring (bicyclic) bond motifs is 1. The molecule has 0 aliphatic carbocycles. The van der Waals surface area contributed by atoms with E-state index >= 15 is 0 Å². The molecule has 0 unspecified atom stereocenters. The Kier molecular flexibility index (Phi) is 3.67. The number of carboxylic acid groups (broad SMARTS) is 2. The van der Waals surface area contributed by atoms with Crippen LogP contribution in [0, 0.1) is 0 Å². The maximum absolute atomic E-state index is 12.6. The fourth-order valence-electron chi connectivity index (χ4n) is 2.27. The number of hydrogen-bond donors (Lipinski definition) is 2. The number of aliphatic carboxylic acids is 1. The number of benzene rings is 1. The molecule has 0 aliphatic rings. The Morgan fingerprint density at radius 1 is 1.17 bits per heavy atom. The molecule has 1 aromatic carbocycles. The Hall–Kier alpha value is -3.00. The Morgan fingerprint density at radius 2 is 1.87 bits per heavy atom. The molecule has 0 spiro atoms. The van der Waals surface area contributed by atoms with Gasteiger partial charge in [0.2, 0.25) is 0 Å².